The molecule has 3 N–H and O–H groups in total. The smallest absolute Gasteiger partial charge is 0.275 e. The molecular formula is C28H32N3O2+. The molecule has 5 heteroatoms. The zero-order valence-electron chi connectivity index (χ0n) is 19.1. The van der Waals surface area contributed by atoms with Gasteiger partial charge in [-0.2, -0.15) is 0 Å². The van der Waals surface area contributed by atoms with E-state index in [4.69, 9.17) is 5.73 Å². The van der Waals surface area contributed by atoms with Crippen molar-refractivity contribution in [2.45, 2.75) is 18.4 Å². The van der Waals surface area contributed by atoms with Gasteiger partial charge in [0.1, 0.15) is 5.41 Å². The Kier molecular flexibility index (Phi) is 6.61. The van der Waals surface area contributed by atoms with Crippen LogP contribution in [0.15, 0.2) is 91.0 Å². The van der Waals surface area contributed by atoms with E-state index in [-0.39, 0.29) is 17.7 Å². The topological polar surface area (TPSA) is 72.2 Å². The number of carbonyl (C=O) groups excluding carboxylic acids is 2. The summed E-state index contributed by atoms with van der Waals surface area (Å²) in [5, 5.41) is 3.04. The average molecular weight is 443 g/mol. The van der Waals surface area contributed by atoms with E-state index in [1.165, 1.54) is 0 Å². The molecule has 1 heterocycles. The number of likely N-dealkylation sites (N-methyl/N-ethyl adjacent to an activating group) is 1. The van der Waals surface area contributed by atoms with Gasteiger partial charge in [0.2, 0.25) is 5.91 Å². The van der Waals surface area contributed by atoms with Crippen molar-refractivity contribution in [3.8, 4) is 0 Å². The van der Waals surface area contributed by atoms with Crippen molar-refractivity contribution >= 4 is 11.8 Å². The average Bonchev–Trinajstić information content (AvgIpc) is 3.21. The maximum Gasteiger partial charge on any atom is 0.275 e. The van der Waals surface area contributed by atoms with Crippen LogP contribution in [0.4, 0.5) is 0 Å². The predicted octanol–water partition coefficient (Wildman–Crippen LogP) is 3.24. The van der Waals surface area contributed by atoms with Crippen LogP contribution >= 0.6 is 0 Å². The summed E-state index contributed by atoms with van der Waals surface area (Å²) in [6.07, 6.45) is 0.815. The third kappa shape index (κ3) is 4.69. The first-order chi connectivity index (χ1) is 15.9. The number of primary amides is 1. The Morgan fingerprint density at radius 1 is 0.909 bits per heavy atom. The molecule has 3 aromatic carbocycles. The number of amides is 2. The summed E-state index contributed by atoms with van der Waals surface area (Å²) in [5.74, 6) is -0.329. The molecule has 170 valence electrons. The van der Waals surface area contributed by atoms with Gasteiger partial charge in [0.05, 0.1) is 20.1 Å². The van der Waals surface area contributed by atoms with Gasteiger partial charge in [-0.1, -0.05) is 91.0 Å². The van der Waals surface area contributed by atoms with Crippen molar-refractivity contribution in [3.05, 3.63) is 108 Å². The lowest BCUT2D eigenvalue weighted by molar-refractivity contribution is -0.891. The molecule has 5 nitrogen and oxygen atoms in total. The van der Waals surface area contributed by atoms with E-state index < -0.39 is 5.41 Å². The highest BCUT2D eigenvalue weighted by molar-refractivity contribution is 5.91. The summed E-state index contributed by atoms with van der Waals surface area (Å²) in [5.41, 5.74) is 8.16. The summed E-state index contributed by atoms with van der Waals surface area (Å²) >= 11 is 0. The fraction of sp³-hybridized carbons (Fsp3) is 0.286. The van der Waals surface area contributed by atoms with E-state index in [1.807, 2.05) is 91.0 Å². The molecule has 3 aromatic rings. The van der Waals surface area contributed by atoms with Gasteiger partial charge < -0.3 is 15.5 Å². The molecule has 33 heavy (non-hydrogen) atoms. The molecule has 1 aliphatic rings. The molecule has 0 bridgehead atoms. The van der Waals surface area contributed by atoms with Gasteiger partial charge >= 0.3 is 0 Å². The second kappa shape index (κ2) is 9.59. The second-order valence-corrected chi connectivity index (χ2v) is 9.34. The third-order valence-electron chi connectivity index (χ3n) is 7.00. The molecule has 0 spiro atoms. The van der Waals surface area contributed by atoms with Crippen LogP contribution < -0.4 is 11.1 Å². The van der Waals surface area contributed by atoms with Gasteiger partial charge in [0.15, 0.2) is 6.54 Å². The van der Waals surface area contributed by atoms with Gasteiger partial charge in [-0.25, -0.2) is 0 Å². The van der Waals surface area contributed by atoms with Crippen LogP contribution in [0.1, 0.15) is 23.1 Å². The molecule has 1 fully saturated rings. The molecule has 2 atom stereocenters. The van der Waals surface area contributed by atoms with Crippen LogP contribution in [0, 0.1) is 5.92 Å². The lowest BCUT2D eigenvalue weighted by Crippen LogP contribution is -2.53. The molecular weight excluding hydrogens is 410 g/mol. The van der Waals surface area contributed by atoms with Crippen LogP contribution in [0.5, 0.6) is 0 Å². The van der Waals surface area contributed by atoms with Crippen LogP contribution in [0.2, 0.25) is 0 Å². The van der Waals surface area contributed by atoms with Crippen LogP contribution in [-0.2, 0) is 21.5 Å². The zero-order chi connectivity index (χ0) is 23.3. The molecule has 0 saturated carbocycles. The number of quaternary nitrogens is 1. The quantitative estimate of drug-likeness (QED) is 0.526. The minimum Gasteiger partial charge on any atom is -0.369 e. The first-order valence-electron chi connectivity index (χ1n) is 11.5. The maximum absolute atomic E-state index is 13.2. The summed E-state index contributed by atoms with van der Waals surface area (Å²) in [6.45, 7) is 2.41. The number of carbonyl (C=O) groups is 2. The minimum absolute atomic E-state index is 0.00766. The molecule has 4 rings (SSSR count). The lowest BCUT2D eigenvalue weighted by atomic mass is 9.64. The van der Waals surface area contributed by atoms with Crippen molar-refractivity contribution in [2.24, 2.45) is 11.7 Å². The summed E-state index contributed by atoms with van der Waals surface area (Å²) in [6, 6.07) is 29.6. The van der Waals surface area contributed by atoms with Gasteiger partial charge in [0.25, 0.3) is 5.91 Å². The number of benzene rings is 3. The molecule has 0 aromatic heterocycles. The van der Waals surface area contributed by atoms with Gasteiger partial charge in [-0.05, 0) is 16.7 Å². The highest BCUT2D eigenvalue weighted by atomic mass is 16.2. The summed E-state index contributed by atoms with van der Waals surface area (Å²) in [7, 11) is 2.10. The predicted molar refractivity (Wildman–Crippen MR) is 130 cm³/mol. The van der Waals surface area contributed by atoms with Crippen LogP contribution in [0.3, 0.4) is 0 Å². The van der Waals surface area contributed by atoms with E-state index in [0.29, 0.717) is 24.1 Å². The van der Waals surface area contributed by atoms with Crippen molar-refractivity contribution < 1.29 is 14.1 Å². The zero-order valence-corrected chi connectivity index (χ0v) is 19.1. The van der Waals surface area contributed by atoms with Crippen molar-refractivity contribution in [1.29, 1.82) is 0 Å². The fourth-order valence-electron chi connectivity index (χ4n) is 5.40. The lowest BCUT2D eigenvalue weighted by Gasteiger charge is -2.38. The Balaban J connectivity index is 1.57. The molecule has 0 radical (unpaired) electrons. The van der Waals surface area contributed by atoms with E-state index in [0.717, 1.165) is 29.7 Å². The molecule has 1 unspecified atom stereocenters. The Bertz CT molecular complexity index is 1050. The number of nitrogens with one attached hydrogen (secondary N) is 1. The Morgan fingerprint density at radius 2 is 1.42 bits per heavy atom. The molecule has 1 saturated heterocycles. The van der Waals surface area contributed by atoms with Gasteiger partial charge in [-0.15, -0.1) is 0 Å². The molecule has 0 aliphatic carbocycles. The normalized spacial score (nSPS) is 20.3. The van der Waals surface area contributed by atoms with Gasteiger partial charge in [0, 0.05) is 18.9 Å². The van der Waals surface area contributed by atoms with Crippen molar-refractivity contribution in [3.63, 3.8) is 0 Å². The van der Waals surface area contributed by atoms with E-state index in [2.05, 4.69) is 12.4 Å². The standard InChI is InChI=1S/C28H31N3O2/c1-31(21-26(32)30-19-22-11-5-2-6-12-22)18-17-25(20-31)28(27(29)33,23-13-7-3-8-14-23)24-15-9-4-10-16-24/h2-16,25H,17-21H2,1H3,(H2-,29,30,32,33)/p+1/t25-,31?/m1/s1. The molecule has 2 amide bonds. The van der Waals surface area contributed by atoms with Gasteiger partial charge in [-0.3, -0.25) is 9.59 Å². The number of nitrogens with two attached hydrogens (primary N) is 1. The number of hydrogen-bond acceptors (Lipinski definition) is 2. The van der Waals surface area contributed by atoms with Crippen LogP contribution in [0.25, 0.3) is 0 Å². The van der Waals surface area contributed by atoms with E-state index in [1.54, 1.807) is 0 Å². The summed E-state index contributed by atoms with van der Waals surface area (Å²) < 4.78 is 0.583. The summed E-state index contributed by atoms with van der Waals surface area (Å²) in [4.78, 5) is 26.0. The SMILES string of the molecule is C[N+]1(CC(=O)NCc2ccccc2)CC[C@@H](C(C(N)=O)(c2ccccc2)c2ccccc2)C1. The van der Waals surface area contributed by atoms with E-state index in [9.17, 15) is 9.59 Å². The van der Waals surface area contributed by atoms with Crippen LogP contribution in [-0.4, -0.2) is 43.0 Å². The highest BCUT2D eigenvalue weighted by Crippen LogP contribution is 2.44. The first kappa shape index (κ1) is 22.7. The Morgan fingerprint density at radius 3 is 1.94 bits per heavy atom. The monoisotopic (exact) mass is 442 g/mol. The number of likely N-dealkylation sites (tertiary alicyclic amines) is 1. The number of nitrogens with zero attached hydrogens (tertiary/aromatic N) is 1. The largest absolute Gasteiger partial charge is 0.369 e. The maximum atomic E-state index is 13.2. The minimum atomic E-state index is -0.932. The highest BCUT2D eigenvalue weighted by Gasteiger charge is 2.53. The van der Waals surface area contributed by atoms with Crippen molar-refractivity contribution in [2.75, 3.05) is 26.7 Å². The fourth-order valence-corrected chi connectivity index (χ4v) is 5.40. The Labute approximate surface area is 195 Å². The first-order valence-corrected chi connectivity index (χ1v) is 11.5. The number of hydrogen-bond donors (Lipinski definition) is 2. The Hall–Kier alpha value is -3.44. The number of rotatable bonds is 8. The van der Waals surface area contributed by atoms with E-state index >= 15 is 0 Å². The van der Waals surface area contributed by atoms with Crippen molar-refractivity contribution in [1.82, 2.24) is 5.32 Å². The third-order valence-corrected chi connectivity index (χ3v) is 7.00. The second-order valence-electron chi connectivity index (χ2n) is 9.34. The molecule has 1 aliphatic heterocycles.